The Bertz CT molecular complexity index is 606. The molecule has 0 saturated heterocycles. The smallest absolute Gasteiger partial charge is 0.176 e. The molecule has 0 amide bonds. The van der Waals surface area contributed by atoms with E-state index in [0.29, 0.717) is 16.6 Å². The summed E-state index contributed by atoms with van der Waals surface area (Å²) in [7, 11) is 0. The molecule has 0 unspecified atom stereocenters. The van der Waals surface area contributed by atoms with Crippen molar-refractivity contribution >= 4 is 56.4 Å². The number of aromatic nitrogens is 1. The van der Waals surface area contributed by atoms with Gasteiger partial charge in [-0.1, -0.05) is 11.6 Å². The predicted molar refractivity (Wildman–Crippen MR) is 83.2 cm³/mol. The highest BCUT2D eigenvalue weighted by atomic mass is 79.9. The number of benzene rings is 1. The van der Waals surface area contributed by atoms with E-state index in [0.717, 1.165) is 4.47 Å². The Morgan fingerprint density at radius 2 is 2.05 bits per heavy atom. The van der Waals surface area contributed by atoms with Crippen molar-refractivity contribution < 1.29 is 4.39 Å². The van der Waals surface area contributed by atoms with Crippen LogP contribution in [0.1, 0.15) is 0 Å². The molecule has 0 aliphatic heterocycles. The van der Waals surface area contributed by atoms with E-state index in [1.165, 1.54) is 12.1 Å². The van der Waals surface area contributed by atoms with Gasteiger partial charge in [-0.3, -0.25) is 0 Å². The quantitative estimate of drug-likeness (QED) is 0.776. The number of anilines is 2. The van der Waals surface area contributed by atoms with Gasteiger partial charge in [-0.25, -0.2) is 9.37 Å². The molecule has 0 radical (unpaired) electrons. The second-order valence-corrected chi connectivity index (χ2v) is 5.30. The molecular weight excluding hydrogens is 353 g/mol. The van der Waals surface area contributed by atoms with Crippen LogP contribution in [0.15, 0.2) is 41.0 Å². The summed E-state index contributed by atoms with van der Waals surface area (Å²) in [5.41, 5.74) is 0.598. The number of halogens is 3. The molecule has 7 heteroatoms. The van der Waals surface area contributed by atoms with E-state index < -0.39 is 5.82 Å². The van der Waals surface area contributed by atoms with Crippen molar-refractivity contribution in [1.82, 2.24) is 4.98 Å². The lowest BCUT2D eigenvalue weighted by Crippen LogP contribution is -2.19. The van der Waals surface area contributed by atoms with Crippen LogP contribution < -0.4 is 10.6 Å². The summed E-state index contributed by atoms with van der Waals surface area (Å²) in [5, 5.41) is 6.18. The van der Waals surface area contributed by atoms with Crippen LogP contribution in [-0.2, 0) is 0 Å². The fourth-order valence-electron chi connectivity index (χ4n) is 1.30. The van der Waals surface area contributed by atoms with Gasteiger partial charge in [0.2, 0.25) is 0 Å². The zero-order valence-corrected chi connectivity index (χ0v) is 12.6. The molecule has 0 atom stereocenters. The number of nitrogens with one attached hydrogen (secondary N) is 2. The maximum absolute atomic E-state index is 13.0. The van der Waals surface area contributed by atoms with Crippen LogP contribution in [0.4, 0.5) is 15.9 Å². The fraction of sp³-hybridized carbons (Fsp3) is 0. The maximum Gasteiger partial charge on any atom is 0.176 e. The predicted octanol–water partition coefficient (Wildman–Crippen LogP) is 4.45. The number of pyridine rings is 1. The highest BCUT2D eigenvalue weighted by Gasteiger charge is 2.03. The Hall–Kier alpha value is -1.24. The molecule has 2 rings (SSSR count). The average molecular weight is 361 g/mol. The molecule has 0 aliphatic rings. The highest BCUT2D eigenvalue weighted by molar-refractivity contribution is 9.10. The Labute approximate surface area is 128 Å². The molecule has 98 valence electrons. The third kappa shape index (κ3) is 4.12. The summed E-state index contributed by atoms with van der Waals surface area (Å²) in [4.78, 5) is 4.12. The van der Waals surface area contributed by atoms with E-state index in [1.54, 1.807) is 18.3 Å². The number of nitrogens with zero attached hydrogens (tertiary/aromatic N) is 1. The Kier molecular flexibility index (Phi) is 4.68. The van der Waals surface area contributed by atoms with Crippen molar-refractivity contribution in [2.45, 2.75) is 0 Å². The summed E-state index contributed by atoms with van der Waals surface area (Å²) < 4.78 is 13.9. The first-order valence-corrected chi connectivity index (χ1v) is 6.77. The van der Waals surface area contributed by atoms with Gasteiger partial charge in [-0.15, -0.1) is 0 Å². The van der Waals surface area contributed by atoms with E-state index in [4.69, 9.17) is 23.8 Å². The molecule has 0 bridgehead atoms. The summed E-state index contributed by atoms with van der Waals surface area (Å²) in [6.45, 7) is 0. The van der Waals surface area contributed by atoms with Gasteiger partial charge in [0.05, 0.1) is 5.02 Å². The van der Waals surface area contributed by atoms with Crippen LogP contribution in [0.3, 0.4) is 0 Å². The third-order valence-corrected chi connectivity index (χ3v) is 3.11. The molecule has 0 fully saturated rings. The molecule has 1 heterocycles. The number of hydrogen-bond donors (Lipinski definition) is 2. The summed E-state index contributed by atoms with van der Waals surface area (Å²) in [6.07, 6.45) is 1.65. The Balaban J connectivity index is 2.01. The average Bonchev–Trinajstić information content (AvgIpc) is 2.37. The lowest BCUT2D eigenvalue weighted by Gasteiger charge is -2.10. The first-order chi connectivity index (χ1) is 9.04. The van der Waals surface area contributed by atoms with E-state index in [9.17, 15) is 4.39 Å². The molecular formula is C12H8BrClFN3S. The van der Waals surface area contributed by atoms with Crippen LogP contribution in [0, 0.1) is 5.82 Å². The van der Waals surface area contributed by atoms with Crippen LogP contribution in [0.5, 0.6) is 0 Å². The minimum absolute atomic E-state index is 0.0366. The van der Waals surface area contributed by atoms with Crippen molar-refractivity contribution in [3.8, 4) is 0 Å². The summed E-state index contributed by atoms with van der Waals surface area (Å²) in [6, 6.07) is 7.89. The van der Waals surface area contributed by atoms with Gasteiger partial charge in [0.1, 0.15) is 11.6 Å². The van der Waals surface area contributed by atoms with E-state index in [2.05, 4.69) is 31.5 Å². The molecule has 2 aromatic rings. The van der Waals surface area contributed by atoms with Gasteiger partial charge in [0.15, 0.2) is 5.11 Å². The second-order valence-electron chi connectivity index (χ2n) is 3.57. The normalized spacial score (nSPS) is 10.1. The second kappa shape index (κ2) is 6.27. The fourth-order valence-corrected chi connectivity index (χ4v) is 1.94. The van der Waals surface area contributed by atoms with Crippen molar-refractivity contribution in [2.75, 3.05) is 10.6 Å². The summed E-state index contributed by atoms with van der Waals surface area (Å²) in [5.74, 6) is 0.134. The van der Waals surface area contributed by atoms with E-state index in [-0.39, 0.29) is 5.02 Å². The molecule has 3 nitrogen and oxygen atoms in total. The Morgan fingerprint density at radius 3 is 2.68 bits per heavy atom. The van der Waals surface area contributed by atoms with Gasteiger partial charge in [0.25, 0.3) is 0 Å². The first kappa shape index (κ1) is 14.2. The van der Waals surface area contributed by atoms with Crippen LogP contribution in [0.25, 0.3) is 0 Å². The number of hydrogen-bond acceptors (Lipinski definition) is 2. The SMILES string of the molecule is Fc1ccc(NC(=S)Nc2ccc(Br)cn2)cc1Cl. The number of rotatable bonds is 2. The molecule has 0 saturated carbocycles. The number of thiocarbonyl (C=S) groups is 1. The van der Waals surface area contributed by atoms with Gasteiger partial charge >= 0.3 is 0 Å². The first-order valence-electron chi connectivity index (χ1n) is 5.19. The Morgan fingerprint density at radius 1 is 1.26 bits per heavy atom. The molecule has 2 N–H and O–H groups in total. The van der Waals surface area contributed by atoms with Crippen LogP contribution in [0.2, 0.25) is 5.02 Å². The van der Waals surface area contributed by atoms with Crippen molar-refractivity contribution in [3.63, 3.8) is 0 Å². The molecule has 1 aromatic carbocycles. The van der Waals surface area contributed by atoms with Crippen molar-refractivity contribution in [1.29, 1.82) is 0 Å². The molecule has 0 aliphatic carbocycles. The van der Waals surface area contributed by atoms with Crippen molar-refractivity contribution in [3.05, 3.63) is 51.8 Å². The highest BCUT2D eigenvalue weighted by Crippen LogP contribution is 2.19. The maximum atomic E-state index is 13.0. The lowest BCUT2D eigenvalue weighted by molar-refractivity contribution is 0.628. The minimum atomic E-state index is -0.472. The summed E-state index contributed by atoms with van der Waals surface area (Å²) >= 11 is 14.1. The standard InChI is InChI=1S/C12H8BrClFN3S/c13-7-1-4-11(16-6-7)18-12(19)17-8-2-3-10(15)9(14)5-8/h1-6H,(H2,16,17,18,19). The zero-order chi connectivity index (χ0) is 13.8. The minimum Gasteiger partial charge on any atom is -0.332 e. The van der Waals surface area contributed by atoms with Crippen LogP contribution in [-0.4, -0.2) is 10.1 Å². The van der Waals surface area contributed by atoms with Crippen molar-refractivity contribution in [2.24, 2.45) is 0 Å². The van der Waals surface area contributed by atoms with Gasteiger partial charge in [-0.05, 0) is 58.5 Å². The third-order valence-electron chi connectivity index (χ3n) is 2.15. The van der Waals surface area contributed by atoms with Gasteiger partial charge in [-0.2, -0.15) is 0 Å². The van der Waals surface area contributed by atoms with Gasteiger partial charge in [0, 0.05) is 16.4 Å². The van der Waals surface area contributed by atoms with E-state index >= 15 is 0 Å². The molecule has 0 spiro atoms. The lowest BCUT2D eigenvalue weighted by atomic mass is 10.3. The van der Waals surface area contributed by atoms with Gasteiger partial charge < -0.3 is 10.6 Å². The largest absolute Gasteiger partial charge is 0.332 e. The van der Waals surface area contributed by atoms with E-state index in [1.807, 2.05) is 6.07 Å². The molecule has 19 heavy (non-hydrogen) atoms. The molecule has 1 aromatic heterocycles. The zero-order valence-electron chi connectivity index (χ0n) is 9.45. The monoisotopic (exact) mass is 359 g/mol. The topological polar surface area (TPSA) is 37.0 Å². The van der Waals surface area contributed by atoms with Crippen LogP contribution >= 0.6 is 39.7 Å².